The van der Waals surface area contributed by atoms with E-state index in [1.54, 1.807) is 23.7 Å². The van der Waals surface area contributed by atoms with Gasteiger partial charge in [0.25, 0.3) is 5.56 Å². The summed E-state index contributed by atoms with van der Waals surface area (Å²) < 4.78 is 21.5. The van der Waals surface area contributed by atoms with E-state index in [2.05, 4.69) is 10.1 Å². The Hall–Kier alpha value is -2.80. The van der Waals surface area contributed by atoms with Crippen LogP contribution >= 0.6 is 0 Å². The molecule has 0 aliphatic heterocycles. The largest absolute Gasteiger partial charge is 0.378 e. The second-order valence-corrected chi connectivity index (χ2v) is 8.21. The third-order valence-corrected chi connectivity index (χ3v) is 5.20. The highest BCUT2D eigenvalue weighted by Gasteiger charge is 2.35. The molecule has 28 heavy (non-hydrogen) atoms. The molecular formula is C21H22FN3O3. The summed E-state index contributed by atoms with van der Waals surface area (Å²) in [6.45, 7) is 6.09. The molecule has 0 saturated heterocycles. The van der Waals surface area contributed by atoms with Crippen molar-refractivity contribution in [1.82, 2.24) is 14.8 Å². The number of hydrogen-bond acceptors (Lipinski definition) is 4. The molecule has 0 atom stereocenters. The number of pyridine rings is 1. The van der Waals surface area contributed by atoms with Gasteiger partial charge >= 0.3 is 0 Å². The number of halogens is 1. The van der Waals surface area contributed by atoms with Crippen LogP contribution in [-0.4, -0.2) is 27.7 Å². The monoisotopic (exact) mass is 383 g/mol. The van der Waals surface area contributed by atoms with E-state index in [0.717, 1.165) is 5.69 Å². The number of benzene rings is 1. The van der Waals surface area contributed by atoms with Crippen molar-refractivity contribution in [2.24, 2.45) is 5.41 Å². The SMILES string of the molecule is COCc1cc2cc(-n3nc(C)c4c3CC(C)(C)CC4=O)cc(F)c2c(=O)[nH]1. The fourth-order valence-electron chi connectivity index (χ4n) is 4.11. The van der Waals surface area contributed by atoms with E-state index in [1.807, 2.05) is 13.8 Å². The number of rotatable bonds is 3. The van der Waals surface area contributed by atoms with Crippen molar-refractivity contribution in [3.8, 4) is 5.69 Å². The lowest BCUT2D eigenvalue weighted by Gasteiger charge is -2.29. The molecule has 0 unspecified atom stereocenters. The highest BCUT2D eigenvalue weighted by Crippen LogP contribution is 2.37. The van der Waals surface area contributed by atoms with Crippen molar-refractivity contribution in [1.29, 1.82) is 0 Å². The molecule has 1 aromatic carbocycles. The smallest absolute Gasteiger partial charge is 0.259 e. The summed E-state index contributed by atoms with van der Waals surface area (Å²) in [6, 6.07) is 4.72. The normalized spacial score (nSPS) is 15.8. The molecule has 2 aromatic heterocycles. The third kappa shape index (κ3) is 2.96. The first-order valence-corrected chi connectivity index (χ1v) is 9.16. The summed E-state index contributed by atoms with van der Waals surface area (Å²) in [5, 5.41) is 4.99. The number of H-pyrrole nitrogens is 1. The van der Waals surface area contributed by atoms with Gasteiger partial charge in [-0.25, -0.2) is 9.07 Å². The lowest BCUT2D eigenvalue weighted by molar-refractivity contribution is 0.0910. The molecule has 0 bridgehead atoms. The number of aromatic nitrogens is 3. The molecule has 2 heterocycles. The number of carbonyl (C=O) groups excluding carboxylic acids is 1. The van der Waals surface area contributed by atoms with E-state index in [4.69, 9.17) is 4.74 Å². The topological polar surface area (TPSA) is 77.0 Å². The maximum Gasteiger partial charge on any atom is 0.259 e. The van der Waals surface area contributed by atoms with Gasteiger partial charge in [-0.2, -0.15) is 5.10 Å². The van der Waals surface area contributed by atoms with Crippen LogP contribution in [0.25, 0.3) is 16.5 Å². The van der Waals surface area contributed by atoms with E-state index >= 15 is 0 Å². The third-order valence-electron chi connectivity index (χ3n) is 5.20. The number of hydrogen-bond donors (Lipinski definition) is 1. The summed E-state index contributed by atoms with van der Waals surface area (Å²) in [5.74, 6) is -0.559. The summed E-state index contributed by atoms with van der Waals surface area (Å²) in [4.78, 5) is 27.5. The lowest BCUT2D eigenvalue weighted by Crippen LogP contribution is -2.28. The molecule has 0 radical (unpaired) electrons. The Morgan fingerprint density at radius 1 is 1.25 bits per heavy atom. The first-order chi connectivity index (χ1) is 13.2. The first-order valence-electron chi connectivity index (χ1n) is 9.16. The molecule has 4 rings (SSSR count). The molecule has 1 N–H and O–H groups in total. The second kappa shape index (κ2) is 6.38. The van der Waals surface area contributed by atoms with Gasteiger partial charge in [-0.05, 0) is 36.3 Å². The number of ether oxygens (including phenoxy) is 1. The van der Waals surface area contributed by atoms with Crippen molar-refractivity contribution in [3.63, 3.8) is 0 Å². The van der Waals surface area contributed by atoms with Gasteiger partial charge in [-0.1, -0.05) is 13.8 Å². The molecule has 1 aliphatic rings. The van der Waals surface area contributed by atoms with Gasteiger partial charge in [-0.15, -0.1) is 0 Å². The zero-order chi connectivity index (χ0) is 20.2. The second-order valence-electron chi connectivity index (χ2n) is 8.21. The minimum Gasteiger partial charge on any atom is -0.378 e. The van der Waals surface area contributed by atoms with E-state index < -0.39 is 11.4 Å². The van der Waals surface area contributed by atoms with Crippen LogP contribution in [0.2, 0.25) is 0 Å². The predicted octanol–water partition coefficient (Wildman–Crippen LogP) is 3.46. The number of methoxy groups -OCH3 is 1. The average Bonchev–Trinajstić information content (AvgIpc) is 2.89. The Kier molecular flexibility index (Phi) is 4.23. The van der Waals surface area contributed by atoms with Crippen LogP contribution in [0.1, 0.15) is 47.7 Å². The Morgan fingerprint density at radius 3 is 2.71 bits per heavy atom. The number of fused-ring (bicyclic) bond motifs is 2. The predicted molar refractivity (Wildman–Crippen MR) is 104 cm³/mol. The number of carbonyl (C=O) groups is 1. The van der Waals surface area contributed by atoms with E-state index in [0.29, 0.717) is 40.9 Å². The molecule has 3 aromatic rings. The summed E-state index contributed by atoms with van der Waals surface area (Å²) in [6.07, 6.45) is 1.13. The fourth-order valence-corrected chi connectivity index (χ4v) is 4.11. The van der Waals surface area contributed by atoms with Gasteiger partial charge in [0.05, 0.1) is 34.6 Å². The van der Waals surface area contributed by atoms with Gasteiger partial charge in [0, 0.05) is 25.3 Å². The van der Waals surface area contributed by atoms with Crippen molar-refractivity contribution >= 4 is 16.6 Å². The Bertz CT molecular complexity index is 1170. The molecule has 0 amide bonds. The van der Waals surface area contributed by atoms with Gasteiger partial charge in [0.2, 0.25) is 0 Å². The maximum atomic E-state index is 14.8. The van der Waals surface area contributed by atoms with E-state index in [9.17, 15) is 14.0 Å². The maximum absolute atomic E-state index is 14.8. The Labute approximate surface area is 161 Å². The minimum absolute atomic E-state index is 0.00208. The number of nitrogens with one attached hydrogen (secondary N) is 1. The van der Waals surface area contributed by atoms with Crippen LogP contribution < -0.4 is 5.56 Å². The van der Waals surface area contributed by atoms with Crippen LogP contribution in [0.5, 0.6) is 0 Å². The van der Waals surface area contributed by atoms with Crippen molar-refractivity contribution in [3.05, 3.63) is 57.0 Å². The molecule has 7 heteroatoms. The molecule has 0 fully saturated rings. The van der Waals surface area contributed by atoms with Crippen LogP contribution in [0.15, 0.2) is 23.0 Å². The Morgan fingerprint density at radius 2 is 2.00 bits per heavy atom. The minimum atomic E-state index is -0.624. The number of Topliss-reactive ketones (excluding diaryl/α,β-unsaturated/α-hetero) is 1. The van der Waals surface area contributed by atoms with Gasteiger partial charge in [0.15, 0.2) is 5.78 Å². The zero-order valence-corrected chi connectivity index (χ0v) is 16.4. The highest BCUT2D eigenvalue weighted by molar-refractivity contribution is 6.00. The number of aryl methyl sites for hydroxylation is 1. The van der Waals surface area contributed by atoms with Crippen LogP contribution in [0, 0.1) is 18.2 Å². The fraction of sp³-hybridized carbons (Fsp3) is 0.381. The molecule has 6 nitrogen and oxygen atoms in total. The number of aromatic amines is 1. The van der Waals surface area contributed by atoms with Crippen molar-refractivity contribution in [2.75, 3.05) is 7.11 Å². The van der Waals surface area contributed by atoms with Crippen LogP contribution in [-0.2, 0) is 17.8 Å². The first kappa shape index (κ1) is 18.6. The lowest BCUT2D eigenvalue weighted by atomic mass is 9.75. The molecule has 0 spiro atoms. The van der Waals surface area contributed by atoms with E-state index in [1.165, 1.54) is 13.2 Å². The summed E-state index contributed by atoms with van der Waals surface area (Å²) in [5.41, 5.74) is 2.43. The molecule has 1 aliphatic carbocycles. The van der Waals surface area contributed by atoms with Gasteiger partial charge < -0.3 is 9.72 Å². The number of ketones is 1. The zero-order valence-electron chi connectivity index (χ0n) is 16.4. The number of nitrogens with zero attached hydrogens (tertiary/aromatic N) is 2. The summed E-state index contributed by atoms with van der Waals surface area (Å²) in [7, 11) is 1.52. The van der Waals surface area contributed by atoms with E-state index in [-0.39, 0.29) is 23.2 Å². The van der Waals surface area contributed by atoms with Crippen LogP contribution in [0.4, 0.5) is 4.39 Å². The molecule has 0 saturated carbocycles. The van der Waals surface area contributed by atoms with Crippen molar-refractivity contribution < 1.29 is 13.9 Å². The summed E-state index contributed by atoms with van der Waals surface area (Å²) >= 11 is 0. The molecular weight excluding hydrogens is 361 g/mol. The van der Waals surface area contributed by atoms with Gasteiger partial charge in [-0.3, -0.25) is 9.59 Å². The van der Waals surface area contributed by atoms with Crippen molar-refractivity contribution in [2.45, 2.75) is 40.2 Å². The quantitative estimate of drug-likeness (QED) is 0.751. The standard InChI is InChI=1S/C21H22FN3O3/c1-11-18-16(8-21(2,3)9-17(18)26)25(24-11)14-6-12-5-13(10-28-4)23-20(27)19(12)15(22)7-14/h5-7H,8-10H2,1-4H3,(H,23,27). The molecule has 146 valence electrons. The average molecular weight is 383 g/mol. The Balaban J connectivity index is 1.95. The van der Waals surface area contributed by atoms with Gasteiger partial charge in [0.1, 0.15) is 5.82 Å². The van der Waals surface area contributed by atoms with Crippen LogP contribution in [0.3, 0.4) is 0 Å². The highest BCUT2D eigenvalue weighted by atomic mass is 19.1.